The standard InChI is InChI=1S/C25H27N3O3/c1-27-21-11-8-18(25(30)31)14-20(21)22(24(27)29)23(17-6-7-17)26-19-9-4-16(5-10-19)15-28-12-2-3-13-28/h4-5,8-11,14,17,26H,2-3,6-7,12-13,15H2,1H3,(H,30,31). The van der Waals surface area contributed by atoms with E-state index in [0.717, 1.165) is 36.5 Å². The van der Waals surface area contributed by atoms with Gasteiger partial charge in [-0.2, -0.15) is 0 Å². The molecule has 1 amide bonds. The molecule has 2 aromatic rings. The maximum absolute atomic E-state index is 13.1. The van der Waals surface area contributed by atoms with Crippen LogP contribution in [0.25, 0.3) is 5.57 Å². The summed E-state index contributed by atoms with van der Waals surface area (Å²) in [5.74, 6) is -0.771. The quantitative estimate of drug-likeness (QED) is 0.690. The normalized spacial score (nSPS) is 20.2. The van der Waals surface area contributed by atoms with E-state index in [9.17, 15) is 14.7 Å². The van der Waals surface area contributed by atoms with Crippen LogP contribution in [0, 0.1) is 5.92 Å². The summed E-state index contributed by atoms with van der Waals surface area (Å²) in [6, 6.07) is 13.3. The van der Waals surface area contributed by atoms with Crippen LogP contribution in [0.5, 0.6) is 0 Å². The van der Waals surface area contributed by atoms with E-state index >= 15 is 0 Å². The van der Waals surface area contributed by atoms with E-state index in [-0.39, 0.29) is 11.5 Å². The van der Waals surface area contributed by atoms with Crippen molar-refractivity contribution in [2.75, 3.05) is 30.4 Å². The molecule has 160 valence electrons. The molecule has 0 bridgehead atoms. The fourth-order valence-corrected chi connectivity index (χ4v) is 4.60. The molecule has 3 aliphatic rings. The highest BCUT2D eigenvalue weighted by molar-refractivity contribution is 6.33. The lowest BCUT2D eigenvalue weighted by molar-refractivity contribution is -0.112. The van der Waals surface area contributed by atoms with E-state index in [2.05, 4.69) is 34.5 Å². The Hall–Kier alpha value is -3.12. The largest absolute Gasteiger partial charge is 0.478 e. The summed E-state index contributed by atoms with van der Waals surface area (Å²) < 4.78 is 0. The Morgan fingerprint density at radius 3 is 2.45 bits per heavy atom. The van der Waals surface area contributed by atoms with Gasteiger partial charge in [0.05, 0.1) is 16.8 Å². The molecular weight excluding hydrogens is 390 g/mol. The lowest BCUT2D eigenvalue weighted by atomic mass is 10.00. The van der Waals surface area contributed by atoms with Crippen LogP contribution in [-0.2, 0) is 11.3 Å². The SMILES string of the molecule is CN1C(=O)C(=C(Nc2ccc(CN3CCCC3)cc2)C2CC2)c2cc(C(=O)O)ccc21. The Bertz CT molecular complexity index is 1060. The first kappa shape index (κ1) is 19.8. The number of carboxylic acid groups (broad SMARTS) is 1. The van der Waals surface area contributed by atoms with Crippen molar-refractivity contribution >= 4 is 28.8 Å². The number of amides is 1. The maximum atomic E-state index is 13.1. The minimum absolute atomic E-state index is 0.0856. The monoisotopic (exact) mass is 417 g/mol. The van der Waals surface area contributed by atoms with E-state index in [1.165, 1.54) is 31.5 Å². The third-order valence-corrected chi connectivity index (χ3v) is 6.49. The van der Waals surface area contributed by atoms with Crippen LogP contribution in [0.1, 0.15) is 47.2 Å². The first-order valence-corrected chi connectivity index (χ1v) is 11.0. The summed E-state index contributed by atoms with van der Waals surface area (Å²) in [7, 11) is 1.74. The molecule has 0 radical (unpaired) electrons. The molecule has 2 aliphatic heterocycles. The third-order valence-electron chi connectivity index (χ3n) is 6.49. The minimum Gasteiger partial charge on any atom is -0.478 e. The van der Waals surface area contributed by atoms with Crippen molar-refractivity contribution in [1.29, 1.82) is 0 Å². The molecule has 2 N–H and O–H groups in total. The van der Waals surface area contributed by atoms with Crippen molar-refractivity contribution in [2.24, 2.45) is 5.92 Å². The van der Waals surface area contributed by atoms with Crippen molar-refractivity contribution in [3.63, 3.8) is 0 Å². The lowest BCUT2D eigenvalue weighted by Gasteiger charge is -2.16. The highest BCUT2D eigenvalue weighted by Crippen LogP contribution is 2.45. The first-order chi connectivity index (χ1) is 15.0. The van der Waals surface area contributed by atoms with Crippen molar-refractivity contribution in [3.05, 3.63) is 64.9 Å². The van der Waals surface area contributed by atoms with Gasteiger partial charge in [0.2, 0.25) is 0 Å². The first-order valence-electron chi connectivity index (χ1n) is 11.0. The molecule has 2 heterocycles. The molecule has 5 rings (SSSR count). The number of carboxylic acids is 1. The summed E-state index contributed by atoms with van der Waals surface area (Å²) >= 11 is 0. The second-order valence-corrected chi connectivity index (χ2v) is 8.77. The molecule has 2 fully saturated rings. The van der Waals surface area contributed by atoms with E-state index in [0.29, 0.717) is 17.1 Å². The molecule has 0 aromatic heterocycles. The van der Waals surface area contributed by atoms with Gasteiger partial charge in [-0.1, -0.05) is 12.1 Å². The second kappa shape index (κ2) is 7.85. The Morgan fingerprint density at radius 2 is 1.81 bits per heavy atom. The Labute approximate surface area is 182 Å². The van der Waals surface area contributed by atoms with Gasteiger partial charge < -0.3 is 15.3 Å². The molecule has 6 nitrogen and oxygen atoms in total. The van der Waals surface area contributed by atoms with Crippen LogP contribution < -0.4 is 10.2 Å². The van der Waals surface area contributed by atoms with Crippen LogP contribution >= 0.6 is 0 Å². The Balaban J connectivity index is 1.46. The van der Waals surface area contributed by atoms with Crippen molar-refractivity contribution < 1.29 is 14.7 Å². The zero-order valence-electron chi connectivity index (χ0n) is 17.7. The molecule has 1 aliphatic carbocycles. The fraction of sp³-hybridized carbons (Fsp3) is 0.360. The van der Waals surface area contributed by atoms with Gasteiger partial charge in [-0.3, -0.25) is 9.69 Å². The predicted molar refractivity (Wildman–Crippen MR) is 121 cm³/mol. The van der Waals surface area contributed by atoms with Gasteiger partial charge in [-0.15, -0.1) is 0 Å². The lowest BCUT2D eigenvalue weighted by Crippen LogP contribution is -2.22. The molecule has 1 saturated carbocycles. The number of hydrogen-bond acceptors (Lipinski definition) is 4. The zero-order chi connectivity index (χ0) is 21.5. The zero-order valence-corrected chi connectivity index (χ0v) is 17.7. The van der Waals surface area contributed by atoms with Crippen LogP contribution in [0.15, 0.2) is 48.2 Å². The van der Waals surface area contributed by atoms with Crippen molar-refractivity contribution in [3.8, 4) is 0 Å². The minimum atomic E-state index is -0.987. The topological polar surface area (TPSA) is 72.9 Å². The van der Waals surface area contributed by atoms with Gasteiger partial charge in [-0.05, 0) is 80.6 Å². The fourth-order valence-electron chi connectivity index (χ4n) is 4.60. The number of carbonyl (C=O) groups is 2. The second-order valence-electron chi connectivity index (χ2n) is 8.77. The number of rotatable bonds is 6. The van der Waals surface area contributed by atoms with Crippen LogP contribution in [-0.4, -0.2) is 42.0 Å². The van der Waals surface area contributed by atoms with E-state index in [4.69, 9.17) is 0 Å². The summed E-state index contributed by atoms with van der Waals surface area (Å²) in [5.41, 5.74) is 5.41. The number of carbonyl (C=O) groups excluding carboxylic acids is 1. The highest BCUT2D eigenvalue weighted by Gasteiger charge is 2.38. The van der Waals surface area contributed by atoms with Crippen molar-refractivity contribution in [1.82, 2.24) is 4.90 Å². The number of likely N-dealkylation sites (tertiary alicyclic amines) is 1. The predicted octanol–water partition coefficient (Wildman–Crippen LogP) is 4.19. The number of nitrogens with one attached hydrogen (secondary N) is 1. The molecule has 0 atom stereocenters. The van der Waals surface area contributed by atoms with Gasteiger partial charge >= 0.3 is 5.97 Å². The van der Waals surface area contributed by atoms with Crippen molar-refractivity contribution in [2.45, 2.75) is 32.2 Å². The number of allylic oxidation sites excluding steroid dienone is 1. The van der Waals surface area contributed by atoms with Gasteiger partial charge in [0.1, 0.15) is 0 Å². The van der Waals surface area contributed by atoms with Gasteiger partial charge in [0.15, 0.2) is 0 Å². The Morgan fingerprint density at radius 1 is 1.10 bits per heavy atom. The number of aromatic carboxylic acids is 1. The molecule has 0 unspecified atom stereocenters. The molecule has 2 aromatic carbocycles. The summed E-state index contributed by atoms with van der Waals surface area (Å²) in [6.45, 7) is 3.32. The number of benzene rings is 2. The van der Waals surface area contributed by atoms with E-state index in [1.54, 1.807) is 30.1 Å². The number of anilines is 2. The molecule has 0 spiro atoms. The van der Waals surface area contributed by atoms with Crippen LogP contribution in [0.4, 0.5) is 11.4 Å². The summed E-state index contributed by atoms with van der Waals surface area (Å²) in [4.78, 5) is 28.7. The van der Waals surface area contributed by atoms with Gasteiger partial charge in [0, 0.05) is 30.5 Å². The molecule has 31 heavy (non-hydrogen) atoms. The molecule has 1 saturated heterocycles. The number of hydrogen-bond donors (Lipinski definition) is 2. The average molecular weight is 418 g/mol. The van der Waals surface area contributed by atoms with E-state index in [1.807, 2.05) is 0 Å². The van der Waals surface area contributed by atoms with Gasteiger partial charge in [0.25, 0.3) is 5.91 Å². The van der Waals surface area contributed by atoms with Crippen LogP contribution in [0.3, 0.4) is 0 Å². The third kappa shape index (κ3) is 3.83. The summed E-state index contributed by atoms with van der Waals surface area (Å²) in [5, 5.41) is 12.9. The number of likely N-dealkylation sites (N-methyl/N-ethyl adjacent to an activating group) is 1. The van der Waals surface area contributed by atoms with E-state index < -0.39 is 5.97 Å². The highest BCUT2D eigenvalue weighted by atomic mass is 16.4. The molecular formula is C25H27N3O3. The Kier molecular flexibility index (Phi) is 5.02. The average Bonchev–Trinajstić information content (AvgIpc) is 3.43. The number of nitrogens with zero attached hydrogens (tertiary/aromatic N) is 2. The molecule has 6 heteroatoms. The van der Waals surface area contributed by atoms with Crippen LogP contribution in [0.2, 0.25) is 0 Å². The van der Waals surface area contributed by atoms with Gasteiger partial charge in [-0.25, -0.2) is 4.79 Å². The summed E-state index contributed by atoms with van der Waals surface area (Å²) in [6.07, 6.45) is 4.63. The maximum Gasteiger partial charge on any atom is 0.335 e. The number of fused-ring (bicyclic) bond motifs is 1. The smallest absolute Gasteiger partial charge is 0.335 e.